The van der Waals surface area contributed by atoms with Gasteiger partial charge in [-0.25, -0.2) is 0 Å². The topological polar surface area (TPSA) is 149 Å². The van der Waals surface area contributed by atoms with Crippen molar-refractivity contribution in [1.82, 2.24) is 0 Å². The van der Waals surface area contributed by atoms with Crippen LogP contribution >= 0.6 is 0 Å². The number of benzene rings is 4. The van der Waals surface area contributed by atoms with Gasteiger partial charge in [-0.1, -0.05) is 57.2 Å². The molecule has 0 bridgehead atoms. The number of nitrogens with one attached hydrogen (secondary N) is 1. The van der Waals surface area contributed by atoms with Crippen molar-refractivity contribution in [2.24, 2.45) is 5.41 Å². The van der Waals surface area contributed by atoms with Crippen LogP contribution in [0.15, 0.2) is 66.7 Å². The second kappa shape index (κ2) is 13.9. The number of aliphatic hydroxyl groups excluding tert-OH is 4. The van der Waals surface area contributed by atoms with E-state index in [4.69, 9.17) is 9.47 Å². The number of phenols is 1. The average Bonchev–Trinajstić information content (AvgIpc) is 3.03. The van der Waals surface area contributed by atoms with E-state index in [0.29, 0.717) is 17.9 Å². The summed E-state index contributed by atoms with van der Waals surface area (Å²) in [6, 6.07) is 20.8. The quantitative estimate of drug-likeness (QED) is 0.126. The van der Waals surface area contributed by atoms with Crippen LogP contribution in [0.1, 0.15) is 61.1 Å². The molecule has 4 rings (SSSR count). The molecule has 6 N–H and O–H groups in total. The molecule has 0 fully saturated rings. The third-order valence-corrected chi connectivity index (χ3v) is 7.89. The number of rotatable bonds is 13. The molecule has 0 aliphatic heterocycles. The van der Waals surface area contributed by atoms with Crippen molar-refractivity contribution in [2.45, 2.75) is 59.7 Å². The minimum Gasteiger partial charge on any atom is -0.507 e. The zero-order valence-corrected chi connectivity index (χ0v) is 24.6. The van der Waals surface area contributed by atoms with E-state index in [-0.39, 0.29) is 40.5 Å². The number of carbonyl (C=O) groups excluding carboxylic acids is 1. The first kappa shape index (κ1) is 31.8. The minimum atomic E-state index is -0.675. The second-order valence-corrected chi connectivity index (χ2v) is 11.0. The fourth-order valence-corrected chi connectivity index (χ4v) is 4.78. The Morgan fingerprint density at radius 2 is 1.40 bits per heavy atom. The van der Waals surface area contributed by atoms with E-state index >= 15 is 0 Å². The van der Waals surface area contributed by atoms with Crippen molar-refractivity contribution < 1.29 is 39.8 Å². The van der Waals surface area contributed by atoms with Crippen LogP contribution in [0.3, 0.4) is 0 Å². The Morgan fingerprint density at radius 1 is 0.814 bits per heavy atom. The van der Waals surface area contributed by atoms with Gasteiger partial charge in [0.15, 0.2) is 6.10 Å². The molecule has 1 amide bonds. The fourth-order valence-electron chi connectivity index (χ4n) is 4.78. The molecular weight excluding hydrogens is 550 g/mol. The van der Waals surface area contributed by atoms with Crippen molar-refractivity contribution in [3.8, 4) is 17.2 Å². The Balaban J connectivity index is 1.68. The highest BCUT2D eigenvalue weighted by atomic mass is 16.5. The Kier molecular flexibility index (Phi) is 10.3. The van der Waals surface area contributed by atoms with Gasteiger partial charge in [-0.05, 0) is 53.1 Å². The Morgan fingerprint density at radius 3 is 1.95 bits per heavy atom. The summed E-state index contributed by atoms with van der Waals surface area (Å²) in [5.41, 5.74) is 1.14. The Hall–Kier alpha value is -4.15. The lowest BCUT2D eigenvalue weighted by atomic mass is 9.89. The maximum Gasteiger partial charge on any atom is 0.230 e. The molecule has 43 heavy (non-hydrogen) atoms. The number of hydrogen-bond acceptors (Lipinski definition) is 8. The van der Waals surface area contributed by atoms with Crippen LogP contribution in [0.25, 0.3) is 10.8 Å². The Labute approximate surface area is 251 Å². The molecule has 0 aromatic heterocycles. The normalized spacial score (nSPS) is 12.3. The lowest BCUT2D eigenvalue weighted by Gasteiger charge is -2.25. The average molecular weight is 590 g/mol. The lowest BCUT2D eigenvalue weighted by molar-refractivity contribution is -0.124. The summed E-state index contributed by atoms with van der Waals surface area (Å²) >= 11 is 0. The zero-order chi connectivity index (χ0) is 31.1. The highest BCUT2D eigenvalue weighted by Crippen LogP contribution is 2.40. The number of aliphatic hydroxyl groups is 4. The molecule has 0 saturated heterocycles. The zero-order valence-electron chi connectivity index (χ0n) is 24.6. The van der Waals surface area contributed by atoms with Gasteiger partial charge in [-0.3, -0.25) is 4.79 Å². The van der Waals surface area contributed by atoms with Crippen molar-refractivity contribution >= 4 is 22.4 Å². The van der Waals surface area contributed by atoms with Gasteiger partial charge in [0, 0.05) is 33.4 Å². The molecule has 228 valence electrons. The summed E-state index contributed by atoms with van der Waals surface area (Å²) in [5.74, 6) is 0.0881. The van der Waals surface area contributed by atoms with Crippen molar-refractivity contribution in [3.05, 3.63) is 94.5 Å². The SMILES string of the molecule is CCC(C)(C)C(=O)Nc1ccc(OC(COc2c(CO)c(CO)c(O)c(CO)c2CO)c2ccc3ccccc3c2)cc1. The van der Waals surface area contributed by atoms with Gasteiger partial charge in [0.25, 0.3) is 0 Å². The molecule has 0 radical (unpaired) electrons. The van der Waals surface area contributed by atoms with Gasteiger partial charge in [0.1, 0.15) is 23.9 Å². The van der Waals surface area contributed by atoms with Gasteiger partial charge in [0.05, 0.1) is 26.4 Å². The number of aromatic hydroxyl groups is 1. The molecule has 9 nitrogen and oxygen atoms in total. The van der Waals surface area contributed by atoms with E-state index < -0.39 is 43.7 Å². The number of amides is 1. The number of ether oxygens (including phenoxy) is 2. The fraction of sp³-hybridized carbons (Fsp3) is 0.324. The molecule has 0 aliphatic rings. The highest BCUT2D eigenvalue weighted by molar-refractivity contribution is 5.94. The summed E-state index contributed by atoms with van der Waals surface area (Å²) in [7, 11) is 0. The van der Waals surface area contributed by atoms with Gasteiger partial charge in [-0.15, -0.1) is 0 Å². The van der Waals surface area contributed by atoms with Crippen LogP contribution in [0.2, 0.25) is 0 Å². The maximum absolute atomic E-state index is 12.6. The summed E-state index contributed by atoms with van der Waals surface area (Å²) in [5, 5.41) is 55.6. The Bertz CT molecular complexity index is 1530. The van der Waals surface area contributed by atoms with E-state index in [1.165, 1.54) is 0 Å². The molecule has 4 aromatic carbocycles. The van der Waals surface area contributed by atoms with Crippen LogP contribution in [0, 0.1) is 5.41 Å². The van der Waals surface area contributed by atoms with Gasteiger partial charge in [0.2, 0.25) is 5.91 Å². The van der Waals surface area contributed by atoms with E-state index in [0.717, 1.165) is 16.3 Å². The van der Waals surface area contributed by atoms with E-state index in [2.05, 4.69) is 5.32 Å². The molecule has 1 unspecified atom stereocenters. The minimum absolute atomic E-state index is 0.00538. The van der Waals surface area contributed by atoms with Crippen molar-refractivity contribution in [2.75, 3.05) is 11.9 Å². The van der Waals surface area contributed by atoms with Gasteiger partial charge >= 0.3 is 0 Å². The third kappa shape index (κ3) is 6.92. The predicted octanol–water partition coefficient (Wildman–Crippen LogP) is 5.09. The maximum atomic E-state index is 12.6. The first-order valence-corrected chi connectivity index (χ1v) is 14.2. The molecule has 0 spiro atoms. The molecule has 0 aliphatic carbocycles. The number of fused-ring (bicyclic) bond motifs is 1. The van der Waals surface area contributed by atoms with E-state index in [9.17, 15) is 30.3 Å². The molecule has 9 heteroatoms. The molecular formula is C34H39NO8. The molecule has 0 heterocycles. The number of carbonyl (C=O) groups is 1. The first-order chi connectivity index (χ1) is 20.7. The largest absolute Gasteiger partial charge is 0.507 e. The van der Waals surface area contributed by atoms with Gasteiger partial charge < -0.3 is 40.3 Å². The lowest BCUT2D eigenvalue weighted by Crippen LogP contribution is -2.29. The number of hydrogen-bond donors (Lipinski definition) is 6. The van der Waals surface area contributed by atoms with Crippen LogP contribution in [-0.4, -0.2) is 38.0 Å². The van der Waals surface area contributed by atoms with Crippen LogP contribution in [0.4, 0.5) is 5.69 Å². The van der Waals surface area contributed by atoms with Crippen molar-refractivity contribution in [3.63, 3.8) is 0 Å². The summed E-state index contributed by atoms with van der Waals surface area (Å²) in [6.07, 6.45) is 0.0236. The standard InChI is InChI=1S/C34H39NO8/c1-4-34(2,3)33(41)35-24-11-13-25(14-12-24)43-30(23-10-9-21-7-5-6-8-22(21)15-23)20-42-32-28(18-38)26(16-36)31(40)27(17-37)29(32)19-39/h5-15,30,36-40H,4,16-20H2,1-3H3,(H,35,41). The first-order valence-electron chi connectivity index (χ1n) is 14.2. The second-order valence-electron chi connectivity index (χ2n) is 11.0. The monoisotopic (exact) mass is 589 g/mol. The van der Waals surface area contributed by atoms with E-state index in [1.54, 1.807) is 24.3 Å². The predicted molar refractivity (Wildman–Crippen MR) is 164 cm³/mol. The van der Waals surface area contributed by atoms with E-state index in [1.807, 2.05) is 63.2 Å². The van der Waals surface area contributed by atoms with Crippen LogP contribution in [0.5, 0.6) is 17.2 Å². The van der Waals surface area contributed by atoms with Gasteiger partial charge in [-0.2, -0.15) is 0 Å². The smallest absolute Gasteiger partial charge is 0.230 e. The molecule has 4 aromatic rings. The van der Waals surface area contributed by atoms with Crippen LogP contribution in [-0.2, 0) is 31.2 Å². The summed E-state index contributed by atoms with van der Waals surface area (Å²) in [6.45, 7) is 3.27. The summed E-state index contributed by atoms with van der Waals surface area (Å²) < 4.78 is 12.6. The van der Waals surface area contributed by atoms with Crippen LogP contribution < -0.4 is 14.8 Å². The number of anilines is 1. The highest BCUT2D eigenvalue weighted by Gasteiger charge is 2.26. The third-order valence-electron chi connectivity index (χ3n) is 7.89. The molecule has 1 atom stereocenters. The van der Waals surface area contributed by atoms with Crippen molar-refractivity contribution in [1.29, 1.82) is 0 Å². The molecule has 0 saturated carbocycles. The summed E-state index contributed by atoms with van der Waals surface area (Å²) in [4.78, 5) is 12.6.